The Bertz CT molecular complexity index is 940. The lowest BCUT2D eigenvalue weighted by Crippen LogP contribution is -2.28. The van der Waals surface area contributed by atoms with Crippen LogP contribution < -0.4 is 10.1 Å². The number of hydrogen-bond acceptors (Lipinski definition) is 4. The highest BCUT2D eigenvalue weighted by Gasteiger charge is 2.28. The van der Waals surface area contributed by atoms with Gasteiger partial charge in [-0.2, -0.15) is 4.31 Å². The molecule has 0 unspecified atom stereocenters. The van der Waals surface area contributed by atoms with Crippen molar-refractivity contribution in [2.45, 2.75) is 24.2 Å². The van der Waals surface area contributed by atoms with Gasteiger partial charge in [0, 0.05) is 13.1 Å². The predicted octanol–water partition coefficient (Wildman–Crippen LogP) is 2.80. The Morgan fingerprint density at radius 3 is 2.56 bits per heavy atom. The number of rotatable bonds is 6. The van der Waals surface area contributed by atoms with Crippen molar-refractivity contribution in [2.75, 3.05) is 25.5 Å². The summed E-state index contributed by atoms with van der Waals surface area (Å²) >= 11 is 0. The fourth-order valence-electron chi connectivity index (χ4n) is 3.03. The molecule has 2 aromatic rings. The summed E-state index contributed by atoms with van der Waals surface area (Å²) in [6, 6.07) is 10.3. The van der Waals surface area contributed by atoms with E-state index in [4.69, 9.17) is 4.74 Å². The Kier molecular flexibility index (Phi) is 5.76. The molecule has 1 amide bonds. The quantitative estimate of drug-likeness (QED) is 0.820. The summed E-state index contributed by atoms with van der Waals surface area (Å²) in [5.41, 5.74) is 0.494. The van der Waals surface area contributed by atoms with Crippen LogP contribution in [0.1, 0.15) is 18.4 Å². The first kappa shape index (κ1) is 19.3. The van der Waals surface area contributed by atoms with Crippen LogP contribution in [0.5, 0.6) is 5.75 Å². The second kappa shape index (κ2) is 8.06. The van der Waals surface area contributed by atoms with Crippen molar-refractivity contribution >= 4 is 21.6 Å². The average molecular weight is 392 g/mol. The molecule has 1 aliphatic heterocycles. The number of benzene rings is 2. The molecule has 144 valence electrons. The van der Waals surface area contributed by atoms with E-state index in [9.17, 15) is 17.6 Å². The lowest BCUT2D eigenvalue weighted by atomic mass is 10.1. The third-order valence-corrected chi connectivity index (χ3v) is 6.35. The highest BCUT2D eigenvalue weighted by molar-refractivity contribution is 7.89. The minimum absolute atomic E-state index is 0.0893. The molecule has 6 nitrogen and oxygen atoms in total. The van der Waals surface area contributed by atoms with Gasteiger partial charge >= 0.3 is 0 Å². The first-order chi connectivity index (χ1) is 12.9. The lowest BCUT2D eigenvalue weighted by molar-refractivity contribution is -0.115. The van der Waals surface area contributed by atoms with Crippen LogP contribution in [-0.2, 0) is 21.2 Å². The summed E-state index contributed by atoms with van der Waals surface area (Å²) in [5.74, 6) is -0.601. The smallest absolute Gasteiger partial charge is 0.243 e. The number of hydrogen-bond donors (Lipinski definition) is 1. The maximum Gasteiger partial charge on any atom is 0.243 e. The Hall–Kier alpha value is -2.45. The molecule has 0 saturated carbocycles. The van der Waals surface area contributed by atoms with Crippen molar-refractivity contribution in [1.82, 2.24) is 4.31 Å². The molecule has 27 heavy (non-hydrogen) atoms. The van der Waals surface area contributed by atoms with Crippen LogP contribution in [0.15, 0.2) is 47.4 Å². The van der Waals surface area contributed by atoms with Gasteiger partial charge in [0.05, 0.1) is 24.1 Å². The van der Waals surface area contributed by atoms with Gasteiger partial charge < -0.3 is 10.1 Å². The van der Waals surface area contributed by atoms with Crippen LogP contribution in [0.25, 0.3) is 0 Å². The number of methoxy groups -OCH3 is 1. The van der Waals surface area contributed by atoms with Gasteiger partial charge in [-0.05, 0) is 42.7 Å². The fourth-order valence-corrected chi connectivity index (χ4v) is 4.58. The standard InChI is InChI=1S/C19H21FN2O4S/c1-26-18-9-8-15(27(24,25)22-10-4-5-11-22)13-17(18)21-19(23)12-14-6-2-3-7-16(14)20/h2-3,6-9,13H,4-5,10-12H2,1H3,(H,21,23). The minimum atomic E-state index is -3.62. The Morgan fingerprint density at radius 1 is 1.19 bits per heavy atom. The van der Waals surface area contributed by atoms with Crippen LogP contribution in [-0.4, -0.2) is 38.8 Å². The lowest BCUT2D eigenvalue weighted by Gasteiger charge is -2.17. The van der Waals surface area contributed by atoms with Crippen LogP contribution >= 0.6 is 0 Å². The molecule has 0 atom stereocenters. The zero-order chi connectivity index (χ0) is 19.4. The fraction of sp³-hybridized carbons (Fsp3) is 0.316. The molecule has 0 aliphatic carbocycles. The van der Waals surface area contributed by atoms with Crippen molar-refractivity contribution in [1.29, 1.82) is 0 Å². The van der Waals surface area contributed by atoms with Crippen molar-refractivity contribution < 1.29 is 22.3 Å². The second-order valence-corrected chi connectivity index (χ2v) is 8.23. The van der Waals surface area contributed by atoms with Crippen LogP contribution in [0.4, 0.5) is 10.1 Å². The van der Waals surface area contributed by atoms with Gasteiger partial charge in [0.25, 0.3) is 0 Å². The zero-order valence-electron chi connectivity index (χ0n) is 14.9. The van der Waals surface area contributed by atoms with E-state index in [0.29, 0.717) is 18.8 Å². The number of carbonyl (C=O) groups excluding carboxylic acids is 1. The molecular weight excluding hydrogens is 371 g/mol. The third kappa shape index (κ3) is 4.28. The molecule has 0 bridgehead atoms. The summed E-state index contributed by atoms with van der Waals surface area (Å²) < 4.78 is 45.8. The van der Waals surface area contributed by atoms with Crippen molar-refractivity contribution in [3.8, 4) is 5.75 Å². The summed E-state index contributed by atoms with van der Waals surface area (Å²) in [6.45, 7) is 0.979. The summed E-state index contributed by atoms with van der Waals surface area (Å²) in [5, 5.41) is 2.63. The van der Waals surface area contributed by atoms with Gasteiger partial charge in [-0.15, -0.1) is 0 Å². The van der Waals surface area contributed by atoms with E-state index in [1.54, 1.807) is 12.1 Å². The van der Waals surface area contributed by atoms with Gasteiger partial charge in [0.15, 0.2) is 0 Å². The molecule has 3 rings (SSSR count). The van der Waals surface area contributed by atoms with E-state index in [1.165, 1.54) is 41.7 Å². The third-order valence-electron chi connectivity index (χ3n) is 4.46. The van der Waals surface area contributed by atoms with E-state index in [1.807, 2.05) is 0 Å². The van der Waals surface area contributed by atoms with Gasteiger partial charge in [0.2, 0.25) is 15.9 Å². The molecule has 1 aliphatic rings. The number of anilines is 1. The molecule has 1 fully saturated rings. The number of nitrogens with zero attached hydrogens (tertiary/aromatic N) is 1. The Labute approximate surface area is 158 Å². The van der Waals surface area contributed by atoms with Crippen molar-refractivity contribution in [3.05, 3.63) is 53.8 Å². The van der Waals surface area contributed by atoms with E-state index in [-0.39, 0.29) is 22.6 Å². The minimum Gasteiger partial charge on any atom is -0.495 e. The molecule has 0 aromatic heterocycles. The summed E-state index contributed by atoms with van der Waals surface area (Å²) in [4.78, 5) is 12.4. The van der Waals surface area contributed by atoms with Crippen molar-refractivity contribution in [3.63, 3.8) is 0 Å². The first-order valence-corrected chi connectivity index (χ1v) is 10.1. The number of ether oxygens (including phenoxy) is 1. The van der Waals surface area contributed by atoms with E-state index >= 15 is 0 Å². The summed E-state index contributed by atoms with van der Waals surface area (Å²) in [7, 11) is -2.19. The second-order valence-electron chi connectivity index (χ2n) is 6.29. The van der Waals surface area contributed by atoms with Crippen LogP contribution in [0.2, 0.25) is 0 Å². The molecule has 8 heteroatoms. The summed E-state index contributed by atoms with van der Waals surface area (Å²) in [6.07, 6.45) is 1.50. The highest BCUT2D eigenvalue weighted by Crippen LogP contribution is 2.30. The number of nitrogens with one attached hydrogen (secondary N) is 1. The van der Waals surface area contributed by atoms with E-state index in [0.717, 1.165) is 12.8 Å². The van der Waals surface area contributed by atoms with E-state index in [2.05, 4.69) is 5.32 Å². The first-order valence-electron chi connectivity index (χ1n) is 8.63. The molecule has 1 N–H and O–H groups in total. The van der Waals surface area contributed by atoms with Gasteiger partial charge in [-0.25, -0.2) is 12.8 Å². The van der Waals surface area contributed by atoms with E-state index < -0.39 is 21.7 Å². The topological polar surface area (TPSA) is 75.7 Å². The Balaban J connectivity index is 1.83. The molecule has 1 heterocycles. The van der Waals surface area contributed by atoms with Gasteiger partial charge in [-0.1, -0.05) is 18.2 Å². The van der Waals surface area contributed by atoms with Crippen LogP contribution in [0.3, 0.4) is 0 Å². The molecule has 0 radical (unpaired) electrons. The SMILES string of the molecule is COc1ccc(S(=O)(=O)N2CCCC2)cc1NC(=O)Cc1ccccc1F. The van der Waals surface area contributed by atoms with Gasteiger partial charge in [0.1, 0.15) is 11.6 Å². The highest BCUT2D eigenvalue weighted by atomic mass is 32.2. The molecular formula is C19H21FN2O4S. The predicted molar refractivity (Wildman–Crippen MR) is 99.7 cm³/mol. The average Bonchev–Trinajstić information content (AvgIpc) is 3.19. The van der Waals surface area contributed by atoms with Crippen LogP contribution in [0, 0.1) is 5.82 Å². The Morgan fingerprint density at radius 2 is 1.89 bits per heavy atom. The maximum absolute atomic E-state index is 13.7. The number of amides is 1. The number of halogens is 1. The van der Waals surface area contributed by atoms with Gasteiger partial charge in [-0.3, -0.25) is 4.79 Å². The maximum atomic E-state index is 13.7. The number of sulfonamides is 1. The molecule has 0 spiro atoms. The normalized spacial score (nSPS) is 14.9. The molecule has 1 saturated heterocycles. The van der Waals surface area contributed by atoms with Crippen molar-refractivity contribution in [2.24, 2.45) is 0 Å². The largest absolute Gasteiger partial charge is 0.495 e. The monoisotopic (exact) mass is 392 g/mol. The molecule has 2 aromatic carbocycles. The number of carbonyl (C=O) groups is 1. The zero-order valence-corrected chi connectivity index (χ0v) is 15.8.